The van der Waals surface area contributed by atoms with E-state index in [1.54, 1.807) is 14.2 Å². The Kier molecular flexibility index (Phi) is 6.74. The Morgan fingerprint density at radius 3 is 2.67 bits per heavy atom. The third-order valence-electron chi connectivity index (χ3n) is 5.14. The van der Waals surface area contributed by atoms with Crippen molar-refractivity contribution in [3.63, 3.8) is 0 Å². The van der Waals surface area contributed by atoms with Gasteiger partial charge in [0.2, 0.25) is 0 Å². The van der Waals surface area contributed by atoms with Crippen molar-refractivity contribution in [2.45, 2.75) is 52.4 Å². The van der Waals surface area contributed by atoms with Crippen LogP contribution in [0.5, 0.6) is 11.5 Å². The normalized spacial score (nSPS) is 16.9. The average molecular weight is 373 g/mol. The minimum atomic E-state index is 0.302. The van der Waals surface area contributed by atoms with Gasteiger partial charge >= 0.3 is 0 Å². The van der Waals surface area contributed by atoms with Crippen LogP contribution < -0.4 is 9.47 Å². The van der Waals surface area contributed by atoms with Crippen LogP contribution in [0.15, 0.2) is 24.4 Å². The van der Waals surface area contributed by atoms with E-state index >= 15 is 0 Å². The second kappa shape index (κ2) is 9.24. The first-order chi connectivity index (χ1) is 13.1. The summed E-state index contributed by atoms with van der Waals surface area (Å²) in [7, 11) is 3.38. The highest BCUT2D eigenvalue weighted by atomic mass is 16.5. The molecule has 0 bridgehead atoms. The Balaban J connectivity index is 1.79. The molecule has 2 heterocycles. The lowest BCUT2D eigenvalue weighted by Gasteiger charge is -2.26. The Morgan fingerprint density at radius 1 is 1.22 bits per heavy atom. The van der Waals surface area contributed by atoms with Gasteiger partial charge in [0.05, 0.1) is 26.0 Å². The van der Waals surface area contributed by atoms with Crippen LogP contribution >= 0.6 is 0 Å². The van der Waals surface area contributed by atoms with Crippen LogP contribution in [0.2, 0.25) is 0 Å². The highest BCUT2D eigenvalue weighted by Gasteiger charge is 2.21. The van der Waals surface area contributed by atoms with Gasteiger partial charge in [-0.25, -0.2) is 0 Å². The Bertz CT molecular complexity index is 738. The molecule has 27 heavy (non-hydrogen) atoms. The van der Waals surface area contributed by atoms with Crippen LogP contribution in [-0.4, -0.2) is 48.2 Å². The number of nitrogens with zero attached hydrogens (tertiary/aromatic N) is 3. The summed E-state index contributed by atoms with van der Waals surface area (Å²) in [4.78, 5) is 2.43. The van der Waals surface area contributed by atoms with Crippen LogP contribution in [0.1, 0.15) is 36.6 Å². The van der Waals surface area contributed by atoms with Gasteiger partial charge in [-0.05, 0) is 32.8 Å². The fourth-order valence-corrected chi connectivity index (χ4v) is 3.60. The van der Waals surface area contributed by atoms with Crippen molar-refractivity contribution in [2.24, 2.45) is 0 Å². The smallest absolute Gasteiger partial charge is 0.127 e. The van der Waals surface area contributed by atoms with E-state index < -0.39 is 0 Å². The number of benzene rings is 1. The standard InChI is InChI=1S/C21H31N3O3/c1-5-24-14-18(16(2)22-24)13-23(15-20-7-6-10-27-20)12-17-8-9-19(25-3)11-21(17)26-4/h8-9,11,14,20H,5-7,10,12-13,15H2,1-4H3/t20-/m0/s1. The molecule has 0 radical (unpaired) electrons. The van der Waals surface area contributed by atoms with Crippen LogP contribution in [0.3, 0.4) is 0 Å². The number of rotatable bonds is 9. The average Bonchev–Trinajstić information content (AvgIpc) is 3.31. The molecule has 6 nitrogen and oxygen atoms in total. The first-order valence-corrected chi connectivity index (χ1v) is 9.70. The summed E-state index contributed by atoms with van der Waals surface area (Å²) in [5, 5.41) is 4.59. The molecule has 1 atom stereocenters. The van der Waals surface area contributed by atoms with Crippen molar-refractivity contribution >= 4 is 0 Å². The summed E-state index contributed by atoms with van der Waals surface area (Å²) in [6, 6.07) is 6.02. The first-order valence-electron chi connectivity index (χ1n) is 9.70. The molecule has 1 fully saturated rings. The summed E-state index contributed by atoms with van der Waals surface area (Å²) in [5.74, 6) is 1.66. The molecule has 2 aromatic rings. The lowest BCUT2D eigenvalue weighted by atomic mass is 10.1. The van der Waals surface area contributed by atoms with Crippen LogP contribution in [-0.2, 0) is 24.4 Å². The molecule has 0 unspecified atom stereocenters. The van der Waals surface area contributed by atoms with E-state index in [1.165, 1.54) is 5.56 Å². The molecule has 0 spiro atoms. The van der Waals surface area contributed by atoms with Crippen LogP contribution in [0.25, 0.3) is 0 Å². The predicted molar refractivity (Wildman–Crippen MR) is 105 cm³/mol. The molecule has 3 rings (SSSR count). The third kappa shape index (κ3) is 5.02. The summed E-state index contributed by atoms with van der Waals surface area (Å²) in [6.07, 6.45) is 4.74. The highest BCUT2D eigenvalue weighted by Crippen LogP contribution is 2.27. The lowest BCUT2D eigenvalue weighted by Crippen LogP contribution is -2.31. The predicted octanol–water partition coefficient (Wildman–Crippen LogP) is 3.41. The summed E-state index contributed by atoms with van der Waals surface area (Å²) in [6.45, 7) is 8.51. The molecule has 1 aliphatic rings. The maximum absolute atomic E-state index is 5.89. The monoisotopic (exact) mass is 373 g/mol. The Labute approximate surface area is 162 Å². The lowest BCUT2D eigenvalue weighted by molar-refractivity contribution is 0.0675. The van der Waals surface area contributed by atoms with Gasteiger partial charge in [-0.1, -0.05) is 6.07 Å². The maximum Gasteiger partial charge on any atom is 0.127 e. The number of aromatic nitrogens is 2. The van der Waals surface area contributed by atoms with E-state index in [-0.39, 0.29) is 0 Å². The highest BCUT2D eigenvalue weighted by molar-refractivity contribution is 5.40. The summed E-state index contributed by atoms with van der Waals surface area (Å²) in [5.41, 5.74) is 3.51. The second-order valence-electron chi connectivity index (χ2n) is 7.08. The van der Waals surface area contributed by atoms with Crippen LogP contribution in [0, 0.1) is 6.92 Å². The number of hydrogen-bond acceptors (Lipinski definition) is 5. The van der Waals surface area contributed by atoms with E-state index in [4.69, 9.17) is 14.2 Å². The van der Waals surface area contributed by atoms with E-state index in [1.807, 2.05) is 16.8 Å². The van der Waals surface area contributed by atoms with Crippen molar-refractivity contribution in [1.29, 1.82) is 0 Å². The minimum absolute atomic E-state index is 0.302. The zero-order valence-corrected chi connectivity index (χ0v) is 16.9. The molecule has 1 saturated heterocycles. The molecule has 148 valence electrons. The quantitative estimate of drug-likeness (QED) is 0.674. The van der Waals surface area contributed by atoms with Crippen molar-refractivity contribution in [3.05, 3.63) is 41.2 Å². The summed E-state index contributed by atoms with van der Waals surface area (Å²) < 4.78 is 18.8. The van der Waals surface area contributed by atoms with Gasteiger partial charge in [0.15, 0.2) is 0 Å². The molecule has 1 aromatic carbocycles. The third-order valence-corrected chi connectivity index (χ3v) is 5.14. The molecule has 1 aromatic heterocycles. The van der Waals surface area contributed by atoms with Crippen molar-refractivity contribution < 1.29 is 14.2 Å². The molecule has 6 heteroatoms. The van der Waals surface area contributed by atoms with E-state index in [2.05, 4.69) is 36.1 Å². The number of methoxy groups -OCH3 is 2. The fourth-order valence-electron chi connectivity index (χ4n) is 3.60. The van der Waals surface area contributed by atoms with Gasteiger partial charge in [0, 0.05) is 56.2 Å². The molecule has 0 saturated carbocycles. The molecular weight excluding hydrogens is 342 g/mol. The number of hydrogen-bond donors (Lipinski definition) is 0. The molecular formula is C21H31N3O3. The Morgan fingerprint density at radius 2 is 2.04 bits per heavy atom. The van der Waals surface area contributed by atoms with E-state index in [0.29, 0.717) is 6.10 Å². The van der Waals surface area contributed by atoms with Crippen molar-refractivity contribution in [2.75, 3.05) is 27.4 Å². The van der Waals surface area contributed by atoms with Gasteiger partial charge in [-0.2, -0.15) is 5.10 Å². The molecule has 0 N–H and O–H groups in total. The zero-order valence-electron chi connectivity index (χ0n) is 16.9. The van der Waals surface area contributed by atoms with E-state index in [9.17, 15) is 0 Å². The topological polar surface area (TPSA) is 48.8 Å². The first kappa shape index (κ1) is 19.7. The van der Waals surface area contributed by atoms with Crippen molar-refractivity contribution in [1.82, 2.24) is 14.7 Å². The SMILES string of the molecule is CCn1cc(CN(Cc2ccc(OC)cc2OC)C[C@@H]2CCCO2)c(C)n1. The van der Waals surface area contributed by atoms with E-state index in [0.717, 1.165) is 68.4 Å². The summed E-state index contributed by atoms with van der Waals surface area (Å²) >= 11 is 0. The van der Waals surface area contributed by atoms with Crippen molar-refractivity contribution in [3.8, 4) is 11.5 Å². The van der Waals surface area contributed by atoms with Gasteiger partial charge in [0.25, 0.3) is 0 Å². The Hall–Kier alpha value is -2.05. The number of aryl methyl sites for hydroxylation is 2. The minimum Gasteiger partial charge on any atom is -0.497 e. The maximum atomic E-state index is 5.89. The second-order valence-corrected chi connectivity index (χ2v) is 7.08. The largest absolute Gasteiger partial charge is 0.497 e. The van der Waals surface area contributed by atoms with Gasteiger partial charge in [-0.15, -0.1) is 0 Å². The zero-order chi connectivity index (χ0) is 19.2. The molecule has 1 aliphatic heterocycles. The van der Waals surface area contributed by atoms with Gasteiger partial charge in [0.1, 0.15) is 11.5 Å². The van der Waals surface area contributed by atoms with Gasteiger partial charge < -0.3 is 14.2 Å². The molecule has 0 aliphatic carbocycles. The number of ether oxygens (including phenoxy) is 3. The van der Waals surface area contributed by atoms with Gasteiger partial charge in [-0.3, -0.25) is 9.58 Å². The fraction of sp³-hybridized carbons (Fsp3) is 0.571. The van der Waals surface area contributed by atoms with Crippen LogP contribution in [0.4, 0.5) is 0 Å². The molecule has 0 amide bonds.